The SMILES string of the molecule is CC(=O)NC1C[NH2+]C(CO)C(O)C1O. The fourth-order valence-corrected chi connectivity index (χ4v) is 1.68. The Bertz CT molecular complexity index is 212. The van der Waals surface area contributed by atoms with E-state index >= 15 is 0 Å². The van der Waals surface area contributed by atoms with Crippen molar-refractivity contribution in [2.24, 2.45) is 0 Å². The second-order valence-corrected chi connectivity index (χ2v) is 3.61. The van der Waals surface area contributed by atoms with E-state index in [1.54, 1.807) is 5.32 Å². The van der Waals surface area contributed by atoms with Gasteiger partial charge in [0.25, 0.3) is 0 Å². The number of hydrogen-bond donors (Lipinski definition) is 5. The lowest BCUT2D eigenvalue weighted by Crippen LogP contribution is -3.00. The number of rotatable bonds is 2. The third kappa shape index (κ3) is 2.42. The quantitative estimate of drug-likeness (QED) is 0.318. The van der Waals surface area contributed by atoms with Crippen LogP contribution in [0.3, 0.4) is 0 Å². The number of aliphatic hydroxyl groups excluding tert-OH is 3. The van der Waals surface area contributed by atoms with Gasteiger partial charge in [-0.25, -0.2) is 0 Å². The van der Waals surface area contributed by atoms with Gasteiger partial charge in [0.1, 0.15) is 24.3 Å². The maximum atomic E-state index is 10.7. The highest BCUT2D eigenvalue weighted by Crippen LogP contribution is 2.05. The molecule has 6 N–H and O–H groups in total. The number of amides is 1. The molecule has 82 valence electrons. The Morgan fingerprint density at radius 2 is 2.14 bits per heavy atom. The second-order valence-electron chi connectivity index (χ2n) is 3.61. The van der Waals surface area contributed by atoms with Crippen LogP contribution in [0.2, 0.25) is 0 Å². The fourth-order valence-electron chi connectivity index (χ4n) is 1.68. The van der Waals surface area contributed by atoms with Crippen molar-refractivity contribution in [2.75, 3.05) is 13.2 Å². The highest BCUT2D eigenvalue weighted by Gasteiger charge is 2.40. The van der Waals surface area contributed by atoms with Gasteiger partial charge in [-0.1, -0.05) is 0 Å². The predicted octanol–water partition coefficient (Wildman–Crippen LogP) is -3.85. The molecular weight excluding hydrogens is 188 g/mol. The van der Waals surface area contributed by atoms with Crippen molar-refractivity contribution in [1.29, 1.82) is 0 Å². The van der Waals surface area contributed by atoms with Gasteiger partial charge in [0, 0.05) is 6.92 Å². The van der Waals surface area contributed by atoms with E-state index in [0.717, 1.165) is 0 Å². The Labute approximate surface area is 81.9 Å². The summed E-state index contributed by atoms with van der Waals surface area (Å²) in [5, 5.41) is 32.2. The van der Waals surface area contributed by atoms with E-state index in [2.05, 4.69) is 5.32 Å². The lowest BCUT2D eigenvalue weighted by atomic mass is 9.94. The van der Waals surface area contributed by atoms with Crippen molar-refractivity contribution >= 4 is 5.91 Å². The third-order valence-electron chi connectivity index (χ3n) is 2.49. The van der Waals surface area contributed by atoms with Crippen LogP contribution in [0.5, 0.6) is 0 Å². The molecule has 1 fully saturated rings. The summed E-state index contributed by atoms with van der Waals surface area (Å²) in [4.78, 5) is 10.7. The molecule has 1 saturated heterocycles. The third-order valence-corrected chi connectivity index (χ3v) is 2.49. The topological polar surface area (TPSA) is 106 Å². The molecule has 1 rings (SSSR count). The number of carbonyl (C=O) groups is 1. The van der Waals surface area contributed by atoms with E-state index < -0.39 is 24.3 Å². The first-order valence-electron chi connectivity index (χ1n) is 4.63. The molecule has 1 aliphatic heterocycles. The minimum Gasteiger partial charge on any atom is -0.390 e. The first-order valence-corrected chi connectivity index (χ1v) is 4.63. The molecule has 0 radical (unpaired) electrons. The summed E-state index contributed by atoms with van der Waals surface area (Å²) < 4.78 is 0. The summed E-state index contributed by atoms with van der Waals surface area (Å²) in [6, 6.07) is -0.861. The molecule has 0 aliphatic carbocycles. The Hall–Kier alpha value is -0.690. The van der Waals surface area contributed by atoms with Gasteiger partial charge >= 0.3 is 0 Å². The number of quaternary nitrogens is 1. The minimum atomic E-state index is -1.01. The summed E-state index contributed by atoms with van der Waals surface area (Å²) in [5.74, 6) is -0.239. The zero-order valence-electron chi connectivity index (χ0n) is 8.05. The summed E-state index contributed by atoms with van der Waals surface area (Å²) >= 11 is 0. The van der Waals surface area contributed by atoms with Crippen molar-refractivity contribution in [2.45, 2.75) is 31.2 Å². The molecule has 0 saturated carbocycles. The maximum Gasteiger partial charge on any atom is 0.217 e. The molecule has 4 atom stereocenters. The predicted molar refractivity (Wildman–Crippen MR) is 47.3 cm³/mol. The van der Waals surface area contributed by atoms with Crippen LogP contribution in [-0.2, 0) is 4.79 Å². The average molecular weight is 205 g/mol. The molecule has 0 aromatic heterocycles. The fraction of sp³-hybridized carbons (Fsp3) is 0.875. The van der Waals surface area contributed by atoms with Crippen LogP contribution >= 0.6 is 0 Å². The number of aliphatic hydroxyl groups is 3. The monoisotopic (exact) mass is 205 g/mol. The van der Waals surface area contributed by atoms with E-state index in [0.29, 0.717) is 6.54 Å². The van der Waals surface area contributed by atoms with Crippen LogP contribution in [0.15, 0.2) is 0 Å². The Morgan fingerprint density at radius 3 is 2.64 bits per heavy atom. The molecule has 0 spiro atoms. The minimum absolute atomic E-state index is 0.189. The first-order chi connectivity index (χ1) is 6.56. The van der Waals surface area contributed by atoms with E-state index in [1.807, 2.05) is 0 Å². The van der Waals surface area contributed by atoms with Crippen molar-refractivity contribution < 1.29 is 25.4 Å². The summed E-state index contributed by atoms with van der Waals surface area (Å²) in [5.41, 5.74) is 0. The number of nitrogens with two attached hydrogens (primary N) is 1. The molecule has 1 heterocycles. The molecule has 6 nitrogen and oxygen atoms in total. The molecule has 1 aliphatic rings. The van der Waals surface area contributed by atoms with Gasteiger partial charge in [0.15, 0.2) is 0 Å². The highest BCUT2D eigenvalue weighted by atomic mass is 16.3. The highest BCUT2D eigenvalue weighted by molar-refractivity contribution is 5.73. The van der Waals surface area contributed by atoms with Crippen molar-refractivity contribution in [3.05, 3.63) is 0 Å². The smallest absolute Gasteiger partial charge is 0.217 e. The Kier molecular flexibility index (Phi) is 3.82. The zero-order valence-corrected chi connectivity index (χ0v) is 8.05. The zero-order chi connectivity index (χ0) is 10.7. The molecule has 0 aromatic carbocycles. The van der Waals surface area contributed by atoms with Gasteiger partial charge in [0.2, 0.25) is 5.91 Å². The second kappa shape index (κ2) is 4.70. The largest absolute Gasteiger partial charge is 0.390 e. The van der Waals surface area contributed by atoms with Gasteiger partial charge in [-0.05, 0) is 0 Å². The lowest BCUT2D eigenvalue weighted by Gasteiger charge is -2.34. The average Bonchev–Trinajstić information content (AvgIpc) is 2.13. The van der Waals surface area contributed by atoms with E-state index in [-0.39, 0.29) is 12.5 Å². The standard InChI is InChI=1S/C8H16N2O4/c1-4(12)10-5-2-9-6(3-11)8(14)7(5)13/h5-9,11,13-14H,2-3H2,1H3,(H,10,12)/p+1. The number of nitrogens with one attached hydrogen (secondary N) is 1. The van der Waals surface area contributed by atoms with Crippen LogP contribution in [-0.4, -0.2) is 58.7 Å². The van der Waals surface area contributed by atoms with E-state index in [9.17, 15) is 15.0 Å². The number of carbonyl (C=O) groups excluding carboxylic acids is 1. The van der Waals surface area contributed by atoms with Gasteiger partial charge in [-0.3, -0.25) is 4.79 Å². The molecule has 6 heteroatoms. The van der Waals surface area contributed by atoms with E-state index in [4.69, 9.17) is 5.11 Å². The number of piperidine rings is 1. The normalized spacial score (nSPS) is 38.0. The Balaban J connectivity index is 2.54. The van der Waals surface area contributed by atoms with Crippen LogP contribution in [0.4, 0.5) is 0 Å². The molecule has 1 amide bonds. The summed E-state index contributed by atoms with van der Waals surface area (Å²) in [6.07, 6.45) is -2.02. The van der Waals surface area contributed by atoms with Crippen LogP contribution in [0.25, 0.3) is 0 Å². The van der Waals surface area contributed by atoms with Gasteiger partial charge in [-0.2, -0.15) is 0 Å². The molecule has 0 aromatic rings. The summed E-state index contributed by atoms with van der Waals surface area (Å²) in [6.45, 7) is 1.63. The van der Waals surface area contributed by atoms with Crippen molar-refractivity contribution in [3.63, 3.8) is 0 Å². The first kappa shape index (κ1) is 11.4. The van der Waals surface area contributed by atoms with Crippen LogP contribution in [0, 0.1) is 0 Å². The van der Waals surface area contributed by atoms with Crippen LogP contribution < -0.4 is 10.6 Å². The van der Waals surface area contributed by atoms with Crippen LogP contribution in [0.1, 0.15) is 6.92 Å². The van der Waals surface area contributed by atoms with Crippen molar-refractivity contribution in [1.82, 2.24) is 5.32 Å². The van der Waals surface area contributed by atoms with E-state index in [1.165, 1.54) is 6.92 Å². The molecular formula is C8H17N2O4+. The Morgan fingerprint density at radius 1 is 1.50 bits per heavy atom. The summed E-state index contributed by atoms with van der Waals surface area (Å²) in [7, 11) is 0. The van der Waals surface area contributed by atoms with Gasteiger partial charge in [-0.15, -0.1) is 0 Å². The molecule has 4 unspecified atom stereocenters. The van der Waals surface area contributed by atoms with Crippen molar-refractivity contribution in [3.8, 4) is 0 Å². The van der Waals surface area contributed by atoms with Gasteiger partial charge < -0.3 is 26.0 Å². The molecule has 0 bridgehead atoms. The lowest BCUT2D eigenvalue weighted by molar-refractivity contribution is -0.712. The van der Waals surface area contributed by atoms with Gasteiger partial charge in [0.05, 0.1) is 13.2 Å². The maximum absolute atomic E-state index is 10.7. The molecule has 14 heavy (non-hydrogen) atoms. The number of hydrogen-bond acceptors (Lipinski definition) is 4.